The summed E-state index contributed by atoms with van der Waals surface area (Å²) >= 11 is 5.82. The molecule has 1 unspecified atom stereocenters. The van der Waals surface area contributed by atoms with Gasteiger partial charge in [-0.15, -0.1) is 0 Å². The lowest BCUT2D eigenvalue weighted by Crippen LogP contribution is -2.17. The molecule has 0 radical (unpaired) electrons. The third kappa shape index (κ3) is 4.96. The summed E-state index contributed by atoms with van der Waals surface area (Å²) in [6.07, 6.45) is -0.536. The van der Waals surface area contributed by atoms with Gasteiger partial charge in [-0.3, -0.25) is 10.1 Å². The lowest BCUT2D eigenvalue weighted by atomic mass is 10.1. The molecular formula is C16H14ClNO5. The van der Waals surface area contributed by atoms with E-state index in [9.17, 15) is 14.9 Å². The van der Waals surface area contributed by atoms with Crippen molar-refractivity contribution < 1.29 is 19.2 Å². The molecule has 2 aromatic carbocycles. The molecule has 0 aliphatic carbocycles. The zero-order valence-electron chi connectivity index (χ0n) is 12.3. The first kappa shape index (κ1) is 16.8. The van der Waals surface area contributed by atoms with Gasteiger partial charge in [-0.05, 0) is 42.8 Å². The number of halogens is 1. The van der Waals surface area contributed by atoms with Gasteiger partial charge in [0.2, 0.25) is 0 Å². The Bertz CT molecular complexity index is 702. The summed E-state index contributed by atoms with van der Waals surface area (Å²) < 4.78 is 10.5. The van der Waals surface area contributed by atoms with Gasteiger partial charge in [0.15, 0.2) is 6.61 Å². The van der Waals surface area contributed by atoms with Gasteiger partial charge < -0.3 is 9.47 Å². The number of ether oxygens (including phenoxy) is 2. The third-order valence-electron chi connectivity index (χ3n) is 3.03. The summed E-state index contributed by atoms with van der Waals surface area (Å²) in [6.45, 7) is 1.43. The van der Waals surface area contributed by atoms with Crippen LogP contribution in [0.2, 0.25) is 5.02 Å². The highest BCUT2D eigenvalue weighted by molar-refractivity contribution is 6.30. The average molecular weight is 336 g/mol. The molecule has 7 heteroatoms. The zero-order valence-corrected chi connectivity index (χ0v) is 13.0. The van der Waals surface area contributed by atoms with E-state index in [1.165, 1.54) is 12.1 Å². The van der Waals surface area contributed by atoms with Gasteiger partial charge in [0, 0.05) is 17.2 Å². The summed E-state index contributed by atoms with van der Waals surface area (Å²) in [5.74, 6) is -0.0757. The van der Waals surface area contributed by atoms with Crippen LogP contribution in [-0.2, 0) is 9.53 Å². The molecule has 6 nitrogen and oxygen atoms in total. The summed E-state index contributed by atoms with van der Waals surface area (Å²) in [5, 5.41) is 11.1. The fraction of sp³-hybridized carbons (Fsp3) is 0.188. The van der Waals surface area contributed by atoms with Gasteiger partial charge in [-0.25, -0.2) is 4.79 Å². The molecule has 0 spiro atoms. The quantitative estimate of drug-likeness (QED) is 0.454. The predicted octanol–water partition coefficient (Wildman–Crippen LogP) is 3.93. The molecule has 120 valence electrons. The number of esters is 1. The molecule has 0 amide bonds. The number of carbonyl (C=O) groups is 1. The molecule has 0 aromatic heterocycles. The molecule has 0 aliphatic heterocycles. The number of benzene rings is 2. The summed E-state index contributed by atoms with van der Waals surface area (Å²) in [5.41, 5.74) is 0.642. The number of nitro groups is 1. The fourth-order valence-electron chi connectivity index (χ4n) is 1.87. The largest absolute Gasteiger partial charge is 0.482 e. The second-order valence-electron chi connectivity index (χ2n) is 4.73. The highest BCUT2D eigenvalue weighted by atomic mass is 35.5. The number of carbonyl (C=O) groups excluding carboxylic acids is 1. The Morgan fingerprint density at radius 2 is 1.96 bits per heavy atom. The van der Waals surface area contributed by atoms with Crippen LogP contribution in [0.5, 0.6) is 5.75 Å². The van der Waals surface area contributed by atoms with Crippen molar-refractivity contribution in [3.05, 3.63) is 69.2 Å². The molecular weight excluding hydrogens is 322 g/mol. The predicted molar refractivity (Wildman–Crippen MR) is 84.6 cm³/mol. The Morgan fingerprint density at radius 1 is 1.26 bits per heavy atom. The number of nitro benzene ring substituents is 1. The van der Waals surface area contributed by atoms with E-state index in [4.69, 9.17) is 21.1 Å². The van der Waals surface area contributed by atoms with Crippen LogP contribution in [0.25, 0.3) is 0 Å². The minimum atomic E-state index is -0.546. The van der Waals surface area contributed by atoms with E-state index < -0.39 is 17.0 Å². The molecule has 0 aliphatic rings. The lowest BCUT2D eigenvalue weighted by molar-refractivity contribution is -0.384. The first-order valence-corrected chi connectivity index (χ1v) is 7.15. The molecule has 0 heterocycles. The van der Waals surface area contributed by atoms with E-state index >= 15 is 0 Å². The van der Waals surface area contributed by atoms with Crippen molar-refractivity contribution in [2.75, 3.05) is 6.61 Å². The molecule has 0 bridgehead atoms. The van der Waals surface area contributed by atoms with Crippen molar-refractivity contribution in [1.82, 2.24) is 0 Å². The van der Waals surface area contributed by atoms with Gasteiger partial charge in [0.25, 0.3) is 5.69 Å². The first-order valence-electron chi connectivity index (χ1n) is 6.78. The van der Waals surface area contributed by atoms with Crippen molar-refractivity contribution in [2.24, 2.45) is 0 Å². The number of non-ortho nitro benzene ring substituents is 1. The smallest absolute Gasteiger partial charge is 0.344 e. The normalized spacial score (nSPS) is 11.6. The van der Waals surface area contributed by atoms with Gasteiger partial charge in [0.1, 0.15) is 11.9 Å². The van der Waals surface area contributed by atoms with E-state index in [1.54, 1.807) is 43.3 Å². The Labute approximate surface area is 137 Å². The third-order valence-corrected chi connectivity index (χ3v) is 3.27. The van der Waals surface area contributed by atoms with E-state index in [2.05, 4.69) is 0 Å². The standard InChI is InChI=1S/C16H14ClNO5/c1-11(12-5-7-14(8-6-12)18(20)21)23-16(19)10-22-15-4-2-3-13(17)9-15/h2-9,11H,10H2,1H3. The van der Waals surface area contributed by atoms with Crippen LogP contribution >= 0.6 is 11.6 Å². The summed E-state index contributed by atoms with van der Waals surface area (Å²) in [6, 6.07) is 12.5. The molecule has 0 saturated heterocycles. The highest BCUT2D eigenvalue weighted by Crippen LogP contribution is 2.21. The molecule has 0 N–H and O–H groups in total. The zero-order chi connectivity index (χ0) is 16.8. The van der Waals surface area contributed by atoms with Crippen LogP contribution in [0.15, 0.2) is 48.5 Å². The van der Waals surface area contributed by atoms with Gasteiger partial charge in [-0.2, -0.15) is 0 Å². The Balaban J connectivity index is 1.88. The minimum absolute atomic E-state index is 0.0171. The molecule has 2 aromatic rings. The van der Waals surface area contributed by atoms with Crippen molar-refractivity contribution in [3.63, 3.8) is 0 Å². The van der Waals surface area contributed by atoms with Crippen molar-refractivity contribution in [3.8, 4) is 5.75 Å². The lowest BCUT2D eigenvalue weighted by Gasteiger charge is -2.14. The van der Waals surface area contributed by atoms with Crippen LogP contribution in [-0.4, -0.2) is 17.5 Å². The van der Waals surface area contributed by atoms with E-state index in [0.29, 0.717) is 16.3 Å². The maximum Gasteiger partial charge on any atom is 0.344 e. The Hall–Kier alpha value is -2.60. The second-order valence-corrected chi connectivity index (χ2v) is 5.16. The number of rotatable bonds is 6. The monoisotopic (exact) mass is 335 g/mol. The van der Waals surface area contributed by atoms with E-state index in [1.807, 2.05) is 0 Å². The van der Waals surface area contributed by atoms with Crippen LogP contribution < -0.4 is 4.74 Å². The minimum Gasteiger partial charge on any atom is -0.482 e. The van der Waals surface area contributed by atoms with Gasteiger partial charge in [-0.1, -0.05) is 17.7 Å². The number of hydrogen-bond donors (Lipinski definition) is 0. The van der Waals surface area contributed by atoms with Crippen LogP contribution in [0, 0.1) is 10.1 Å². The first-order chi connectivity index (χ1) is 11.0. The second kappa shape index (κ2) is 7.60. The highest BCUT2D eigenvalue weighted by Gasteiger charge is 2.14. The van der Waals surface area contributed by atoms with Crippen molar-refractivity contribution >= 4 is 23.3 Å². The topological polar surface area (TPSA) is 78.7 Å². The Morgan fingerprint density at radius 3 is 2.57 bits per heavy atom. The summed E-state index contributed by atoms with van der Waals surface area (Å²) in [7, 11) is 0. The van der Waals surface area contributed by atoms with E-state index in [-0.39, 0.29) is 12.3 Å². The van der Waals surface area contributed by atoms with E-state index in [0.717, 1.165) is 0 Å². The van der Waals surface area contributed by atoms with Gasteiger partial charge >= 0.3 is 5.97 Å². The molecule has 0 fully saturated rings. The van der Waals surface area contributed by atoms with Crippen molar-refractivity contribution in [1.29, 1.82) is 0 Å². The molecule has 23 heavy (non-hydrogen) atoms. The van der Waals surface area contributed by atoms with Crippen molar-refractivity contribution in [2.45, 2.75) is 13.0 Å². The SMILES string of the molecule is CC(OC(=O)COc1cccc(Cl)c1)c1ccc([N+](=O)[O-])cc1. The maximum absolute atomic E-state index is 11.8. The maximum atomic E-state index is 11.8. The average Bonchev–Trinajstić information content (AvgIpc) is 2.53. The molecule has 0 saturated carbocycles. The summed E-state index contributed by atoms with van der Waals surface area (Å²) in [4.78, 5) is 21.9. The van der Waals surface area contributed by atoms with Crippen LogP contribution in [0.4, 0.5) is 5.69 Å². The molecule has 2 rings (SSSR count). The van der Waals surface area contributed by atoms with Crippen LogP contribution in [0.1, 0.15) is 18.6 Å². The fourth-order valence-corrected chi connectivity index (χ4v) is 2.05. The number of nitrogens with zero attached hydrogens (tertiary/aromatic N) is 1. The van der Waals surface area contributed by atoms with Gasteiger partial charge in [0.05, 0.1) is 4.92 Å². The number of hydrogen-bond acceptors (Lipinski definition) is 5. The molecule has 1 atom stereocenters. The Kier molecular flexibility index (Phi) is 5.54. The van der Waals surface area contributed by atoms with Crippen LogP contribution in [0.3, 0.4) is 0 Å².